The predicted octanol–water partition coefficient (Wildman–Crippen LogP) is 1.35. The van der Waals surface area contributed by atoms with Crippen LogP contribution in [0.3, 0.4) is 0 Å². The van der Waals surface area contributed by atoms with Gasteiger partial charge in [-0.05, 0) is 18.1 Å². The first kappa shape index (κ1) is 6.10. The van der Waals surface area contributed by atoms with Gasteiger partial charge in [0, 0.05) is 10.6 Å². The molecule has 0 aromatic heterocycles. The summed E-state index contributed by atoms with van der Waals surface area (Å²) in [7, 11) is -0.698. The van der Waals surface area contributed by atoms with Gasteiger partial charge in [-0.15, -0.1) is 0 Å². The molecule has 2 rings (SSSR count). The minimum atomic E-state index is -0.698. The quantitative estimate of drug-likeness (QED) is 0.548. The van der Waals surface area contributed by atoms with Gasteiger partial charge in [-0.2, -0.15) is 0 Å². The van der Waals surface area contributed by atoms with Gasteiger partial charge in [0.1, 0.15) is 0 Å². The maximum atomic E-state index is 11.2. The maximum absolute atomic E-state index is 11.2. The Morgan fingerprint density at radius 2 is 2.10 bits per heavy atom. The number of hydrogen-bond acceptors (Lipinski definition) is 1. The molecule has 0 fully saturated rings. The highest BCUT2D eigenvalue weighted by molar-refractivity contribution is 7.85. The van der Waals surface area contributed by atoms with Crippen molar-refractivity contribution in [2.24, 2.45) is 0 Å². The van der Waals surface area contributed by atoms with E-state index in [0.717, 1.165) is 17.1 Å². The van der Waals surface area contributed by atoms with E-state index < -0.39 is 10.8 Å². The molecule has 0 radical (unpaired) electrons. The van der Waals surface area contributed by atoms with Crippen LogP contribution in [0.25, 0.3) is 0 Å². The summed E-state index contributed by atoms with van der Waals surface area (Å²) >= 11 is 0. The Hall–Kier alpha value is -0.630. The second-order valence-corrected chi connectivity index (χ2v) is 3.95. The molecular formula is C8H8OS. The van der Waals surface area contributed by atoms with E-state index in [1.807, 2.05) is 18.2 Å². The molecule has 1 aliphatic heterocycles. The molecule has 0 spiro atoms. The van der Waals surface area contributed by atoms with Crippen molar-refractivity contribution in [3.05, 3.63) is 29.8 Å². The molecule has 0 N–H and O–H groups in total. The second kappa shape index (κ2) is 2.20. The van der Waals surface area contributed by atoms with Crippen LogP contribution in [0.2, 0.25) is 0 Å². The molecule has 0 bridgehead atoms. The Bertz CT molecular complexity index is 280. The van der Waals surface area contributed by atoms with Crippen molar-refractivity contribution in [2.45, 2.75) is 11.3 Å². The second-order valence-electron chi connectivity index (χ2n) is 2.41. The minimum Gasteiger partial charge on any atom is -0.254 e. The van der Waals surface area contributed by atoms with Gasteiger partial charge in [0.25, 0.3) is 0 Å². The van der Waals surface area contributed by atoms with E-state index in [0.29, 0.717) is 0 Å². The van der Waals surface area contributed by atoms with Crippen molar-refractivity contribution in [3.8, 4) is 0 Å². The average Bonchev–Trinajstić information content (AvgIpc) is 2.34. The van der Waals surface area contributed by atoms with Gasteiger partial charge in [-0.1, -0.05) is 18.2 Å². The van der Waals surface area contributed by atoms with Crippen molar-refractivity contribution in [1.29, 1.82) is 0 Å². The number of fused-ring (bicyclic) bond motifs is 1. The summed E-state index contributed by atoms with van der Waals surface area (Å²) in [5.41, 5.74) is 1.26. The van der Waals surface area contributed by atoms with Crippen LogP contribution in [0.5, 0.6) is 0 Å². The first-order valence-corrected chi connectivity index (χ1v) is 4.66. The Morgan fingerprint density at radius 1 is 1.30 bits per heavy atom. The molecule has 10 heavy (non-hydrogen) atoms. The summed E-state index contributed by atoms with van der Waals surface area (Å²) in [6.45, 7) is 0. The fourth-order valence-corrected chi connectivity index (χ4v) is 2.56. The Kier molecular flexibility index (Phi) is 1.34. The van der Waals surface area contributed by atoms with Crippen LogP contribution in [-0.4, -0.2) is 9.96 Å². The summed E-state index contributed by atoms with van der Waals surface area (Å²) in [4.78, 5) is 1.04. The third-order valence-electron chi connectivity index (χ3n) is 1.77. The smallest absolute Gasteiger partial charge is 0.0535 e. The van der Waals surface area contributed by atoms with Gasteiger partial charge < -0.3 is 0 Å². The molecule has 0 unspecified atom stereocenters. The molecule has 52 valence electrons. The first-order valence-electron chi connectivity index (χ1n) is 3.34. The Balaban J connectivity index is 2.61. The Labute approximate surface area is 62.5 Å². The Morgan fingerprint density at radius 3 is 2.90 bits per heavy atom. The molecule has 2 heteroatoms. The van der Waals surface area contributed by atoms with Crippen molar-refractivity contribution < 1.29 is 4.21 Å². The lowest BCUT2D eigenvalue weighted by Crippen LogP contribution is -1.86. The number of rotatable bonds is 0. The lowest BCUT2D eigenvalue weighted by molar-refractivity contribution is 0.685. The molecule has 0 saturated heterocycles. The normalized spacial score (nSPS) is 22.6. The summed E-state index contributed by atoms with van der Waals surface area (Å²) in [5, 5.41) is 0. The topological polar surface area (TPSA) is 17.1 Å². The van der Waals surface area contributed by atoms with Crippen LogP contribution in [0.1, 0.15) is 5.56 Å². The van der Waals surface area contributed by atoms with Crippen LogP contribution in [-0.2, 0) is 17.2 Å². The molecular weight excluding hydrogens is 144 g/mol. The zero-order chi connectivity index (χ0) is 6.97. The molecule has 1 atom stereocenters. The molecule has 1 heterocycles. The van der Waals surface area contributed by atoms with E-state index in [4.69, 9.17) is 0 Å². The van der Waals surface area contributed by atoms with E-state index in [9.17, 15) is 4.21 Å². The standard InChI is InChI=1S/C8H8OS/c9-10-6-5-7-3-1-2-4-8(7)10/h1-4H,5-6H2/t10-/m1/s1. The first-order chi connectivity index (χ1) is 4.88. The third kappa shape index (κ3) is 0.797. The fraction of sp³-hybridized carbons (Fsp3) is 0.250. The van der Waals surface area contributed by atoms with Gasteiger partial charge in [-0.3, -0.25) is 4.21 Å². The van der Waals surface area contributed by atoms with Crippen molar-refractivity contribution >= 4 is 10.8 Å². The summed E-state index contributed by atoms with van der Waals surface area (Å²) in [6.07, 6.45) is 0.989. The van der Waals surface area contributed by atoms with Crippen LogP contribution in [0.15, 0.2) is 29.2 Å². The molecule has 1 aromatic carbocycles. The van der Waals surface area contributed by atoms with E-state index in [1.54, 1.807) is 0 Å². The number of benzene rings is 1. The highest BCUT2D eigenvalue weighted by Crippen LogP contribution is 2.21. The highest BCUT2D eigenvalue weighted by Gasteiger charge is 2.15. The van der Waals surface area contributed by atoms with Gasteiger partial charge in [0.05, 0.1) is 10.8 Å². The summed E-state index contributed by atoms with van der Waals surface area (Å²) in [5.74, 6) is 0.819. The van der Waals surface area contributed by atoms with Crippen molar-refractivity contribution in [2.75, 3.05) is 5.75 Å². The van der Waals surface area contributed by atoms with Crippen LogP contribution < -0.4 is 0 Å². The minimum absolute atomic E-state index is 0.698. The monoisotopic (exact) mass is 152 g/mol. The van der Waals surface area contributed by atoms with Gasteiger partial charge in [0.15, 0.2) is 0 Å². The molecule has 0 aliphatic carbocycles. The van der Waals surface area contributed by atoms with Crippen molar-refractivity contribution in [3.63, 3.8) is 0 Å². The molecule has 1 nitrogen and oxygen atoms in total. The van der Waals surface area contributed by atoms with Gasteiger partial charge in [-0.25, -0.2) is 0 Å². The average molecular weight is 152 g/mol. The van der Waals surface area contributed by atoms with E-state index >= 15 is 0 Å². The highest BCUT2D eigenvalue weighted by atomic mass is 32.2. The molecule has 0 amide bonds. The predicted molar refractivity (Wildman–Crippen MR) is 41.4 cm³/mol. The van der Waals surface area contributed by atoms with E-state index in [-0.39, 0.29) is 0 Å². The van der Waals surface area contributed by atoms with Crippen molar-refractivity contribution in [1.82, 2.24) is 0 Å². The third-order valence-corrected chi connectivity index (χ3v) is 3.24. The van der Waals surface area contributed by atoms with E-state index in [2.05, 4.69) is 6.07 Å². The molecule has 1 aliphatic rings. The molecule has 1 aromatic rings. The van der Waals surface area contributed by atoms with Gasteiger partial charge >= 0.3 is 0 Å². The lowest BCUT2D eigenvalue weighted by atomic mass is 10.2. The van der Waals surface area contributed by atoms with Crippen LogP contribution in [0.4, 0.5) is 0 Å². The molecule has 0 saturated carbocycles. The number of hydrogen-bond donors (Lipinski definition) is 0. The van der Waals surface area contributed by atoms with Crippen LogP contribution >= 0.6 is 0 Å². The van der Waals surface area contributed by atoms with Gasteiger partial charge in [0.2, 0.25) is 0 Å². The number of aryl methyl sites for hydroxylation is 1. The van der Waals surface area contributed by atoms with E-state index in [1.165, 1.54) is 5.56 Å². The summed E-state index contributed by atoms with van der Waals surface area (Å²) < 4.78 is 11.2. The maximum Gasteiger partial charge on any atom is 0.0535 e. The SMILES string of the molecule is O=[S@@]1CCc2ccccc21. The van der Waals surface area contributed by atoms with Crippen LogP contribution in [0, 0.1) is 0 Å². The fourth-order valence-electron chi connectivity index (χ4n) is 1.25. The lowest BCUT2D eigenvalue weighted by Gasteiger charge is -1.92. The largest absolute Gasteiger partial charge is 0.254 e. The zero-order valence-corrected chi connectivity index (χ0v) is 6.36. The zero-order valence-electron chi connectivity index (χ0n) is 5.54. The summed E-state index contributed by atoms with van der Waals surface area (Å²) in [6, 6.07) is 7.96.